The van der Waals surface area contributed by atoms with Gasteiger partial charge in [-0.3, -0.25) is 9.69 Å². The topological polar surface area (TPSA) is 21.5 Å². The molecule has 0 unspecified atom stereocenters. The van der Waals surface area contributed by atoms with Crippen LogP contribution in [0.3, 0.4) is 0 Å². The summed E-state index contributed by atoms with van der Waals surface area (Å²) in [6, 6.07) is 0. The van der Waals surface area contributed by atoms with E-state index < -0.39 is 0 Å². The summed E-state index contributed by atoms with van der Waals surface area (Å²) in [5.41, 5.74) is 6.44. The molecule has 2 heteroatoms. The van der Waals surface area contributed by atoms with Gasteiger partial charge in [0.05, 0.1) is 7.05 Å². The Balaban J connectivity index is 2.76. The minimum atomic E-state index is -0.167. The molecule has 0 fully saturated rings. The first kappa shape index (κ1) is 18.7. The van der Waals surface area contributed by atoms with E-state index >= 15 is 0 Å². The second kappa shape index (κ2) is 6.00. The molecule has 0 aromatic carbocycles. The van der Waals surface area contributed by atoms with Crippen LogP contribution in [0.4, 0.5) is 0 Å². The van der Waals surface area contributed by atoms with Gasteiger partial charge in [-0.05, 0) is 48.0 Å². The second-order valence-corrected chi connectivity index (χ2v) is 9.17. The number of ketones is 1. The summed E-state index contributed by atoms with van der Waals surface area (Å²) in [7, 11) is 2.13. The molecule has 0 atom stereocenters. The first-order valence-electron chi connectivity index (χ1n) is 8.76. The molecule has 0 spiro atoms. The molecule has 0 bridgehead atoms. The predicted octanol–water partition coefficient (Wildman–Crippen LogP) is 4.15. The Morgan fingerprint density at radius 2 is 1.17 bits per heavy atom. The summed E-state index contributed by atoms with van der Waals surface area (Å²) in [5.74, 6) is 0.196. The largest absolute Gasteiger partial charge is 0.289 e. The number of carbonyl (C=O) groups is 1. The molecular weight excluding hydrogens is 294 g/mol. The van der Waals surface area contributed by atoms with Crippen molar-refractivity contribution in [3.63, 3.8) is 0 Å². The van der Waals surface area contributed by atoms with Crippen LogP contribution in [0.25, 0.3) is 0 Å². The van der Waals surface area contributed by atoms with Crippen molar-refractivity contribution in [3.05, 3.63) is 58.0 Å². The first-order chi connectivity index (χ1) is 10.8. The highest BCUT2D eigenvalue weighted by Crippen LogP contribution is 2.40. The molecule has 0 saturated heterocycles. The van der Waals surface area contributed by atoms with Gasteiger partial charge in [-0.2, -0.15) is 0 Å². The van der Waals surface area contributed by atoms with Crippen molar-refractivity contribution in [1.29, 1.82) is 0 Å². The van der Waals surface area contributed by atoms with Crippen molar-refractivity contribution >= 4 is 5.78 Å². The number of Topliss-reactive ketones (excluding diaryl/α,β-unsaturated/α-hetero) is 1. The minimum absolute atomic E-state index is 0.167. The third-order valence-electron chi connectivity index (χ3n) is 4.67. The van der Waals surface area contributed by atoms with Crippen LogP contribution in [-0.2, 0) is 4.79 Å². The van der Waals surface area contributed by atoms with E-state index in [1.165, 1.54) is 27.2 Å². The normalized spacial score (nSPS) is 22.9. The molecule has 1 N–H and O–H groups in total. The third-order valence-corrected chi connectivity index (χ3v) is 4.67. The predicted molar refractivity (Wildman–Crippen MR) is 102 cm³/mol. The van der Waals surface area contributed by atoms with E-state index in [4.69, 9.17) is 0 Å². The van der Waals surface area contributed by atoms with E-state index in [2.05, 4.69) is 87.0 Å². The Morgan fingerprint density at radius 1 is 0.792 bits per heavy atom. The van der Waals surface area contributed by atoms with Crippen molar-refractivity contribution in [2.45, 2.75) is 55.4 Å². The number of hydrogen-bond acceptors (Lipinski definition) is 1. The second-order valence-electron chi connectivity index (χ2n) is 9.17. The molecule has 0 aromatic rings. The molecule has 130 valence electrons. The number of rotatable bonds is 0. The molecule has 2 nitrogen and oxygen atoms in total. The molecule has 0 radical (unpaired) electrons. The fraction of sp³-hybridized carbons (Fsp3) is 0.500. The van der Waals surface area contributed by atoms with Gasteiger partial charge in [0.1, 0.15) is 12.4 Å². The third kappa shape index (κ3) is 3.54. The van der Waals surface area contributed by atoms with E-state index in [1.807, 2.05) is 0 Å². The van der Waals surface area contributed by atoms with Crippen LogP contribution in [0, 0.1) is 10.8 Å². The molecule has 0 saturated carbocycles. The van der Waals surface area contributed by atoms with Gasteiger partial charge in [-0.15, -0.1) is 0 Å². The van der Waals surface area contributed by atoms with E-state index in [-0.39, 0.29) is 16.6 Å². The Kier molecular flexibility index (Phi) is 4.67. The zero-order chi connectivity index (χ0) is 18.4. The molecule has 1 aliphatic heterocycles. The number of hydrogen-bond donors (Lipinski definition) is 1. The molecule has 24 heavy (non-hydrogen) atoms. The van der Waals surface area contributed by atoms with Crippen LogP contribution < -0.4 is 4.90 Å². The van der Waals surface area contributed by atoms with Gasteiger partial charge < -0.3 is 0 Å². The molecule has 2 rings (SSSR count). The summed E-state index contributed by atoms with van der Waals surface area (Å²) >= 11 is 0. The standard InChI is InChI=1S/C22H31NO/c1-14-12-23(9)13-15(2)19(14)16-10-17(21(3,4)5)20(24)18(11-16)22(6,7)8/h10-13H,1-9H3/p+1. The lowest BCUT2D eigenvalue weighted by atomic mass is 9.71. The van der Waals surface area contributed by atoms with Crippen LogP contribution in [0.2, 0.25) is 0 Å². The van der Waals surface area contributed by atoms with Crippen LogP contribution >= 0.6 is 0 Å². The SMILES string of the molecule is CC1=C[NH+](C)C=C(C)C1=C1C=C(C(C)(C)C)C(=O)C(C(C)(C)C)=C1. The maximum atomic E-state index is 13.1. The van der Waals surface area contributed by atoms with Crippen molar-refractivity contribution < 1.29 is 9.69 Å². The molecule has 1 aliphatic carbocycles. The Labute approximate surface area is 147 Å². The van der Waals surface area contributed by atoms with E-state index in [0.717, 1.165) is 11.1 Å². The van der Waals surface area contributed by atoms with E-state index in [9.17, 15) is 4.79 Å². The first-order valence-corrected chi connectivity index (χ1v) is 8.76. The van der Waals surface area contributed by atoms with Crippen molar-refractivity contribution in [2.24, 2.45) is 10.8 Å². The molecule has 2 aliphatic rings. The van der Waals surface area contributed by atoms with Crippen molar-refractivity contribution in [1.82, 2.24) is 0 Å². The van der Waals surface area contributed by atoms with Gasteiger partial charge in [0, 0.05) is 22.3 Å². The molecule has 0 amide bonds. The van der Waals surface area contributed by atoms with Crippen molar-refractivity contribution in [2.75, 3.05) is 7.05 Å². The van der Waals surface area contributed by atoms with E-state index in [0.29, 0.717) is 0 Å². The zero-order valence-corrected chi connectivity index (χ0v) is 16.7. The van der Waals surface area contributed by atoms with Crippen LogP contribution in [0.15, 0.2) is 58.0 Å². The lowest BCUT2D eigenvalue weighted by Gasteiger charge is -2.32. The highest BCUT2D eigenvalue weighted by Gasteiger charge is 2.35. The fourth-order valence-corrected chi connectivity index (χ4v) is 3.52. The Hall–Kier alpha value is -1.67. The molecule has 0 aromatic heterocycles. The molecule has 1 heterocycles. The Bertz CT molecular complexity index is 667. The van der Waals surface area contributed by atoms with Gasteiger partial charge in [0.15, 0.2) is 5.78 Å². The van der Waals surface area contributed by atoms with Crippen LogP contribution in [-0.4, -0.2) is 12.8 Å². The molecular formula is C22H32NO+. The minimum Gasteiger partial charge on any atom is -0.289 e. The lowest BCUT2D eigenvalue weighted by Crippen LogP contribution is -2.99. The summed E-state index contributed by atoms with van der Waals surface area (Å²) in [6.45, 7) is 17.0. The quantitative estimate of drug-likeness (QED) is 0.709. The number of quaternary nitrogens is 1. The smallest absolute Gasteiger partial charge is 0.186 e. The van der Waals surface area contributed by atoms with Gasteiger partial charge in [-0.1, -0.05) is 41.5 Å². The lowest BCUT2D eigenvalue weighted by molar-refractivity contribution is -0.767. The number of nitrogens with one attached hydrogen (secondary N) is 1. The fourth-order valence-electron chi connectivity index (χ4n) is 3.52. The summed E-state index contributed by atoms with van der Waals surface area (Å²) < 4.78 is 0. The summed E-state index contributed by atoms with van der Waals surface area (Å²) in [5, 5.41) is 0. The summed E-state index contributed by atoms with van der Waals surface area (Å²) in [6.07, 6.45) is 8.67. The zero-order valence-electron chi connectivity index (χ0n) is 16.7. The summed E-state index contributed by atoms with van der Waals surface area (Å²) in [4.78, 5) is 14.3. The van der Waals surface area contributed by atoms with Gasteiger partial charge in [0.25, 0.3) is 0 Å². The number of allylic oxidation sites excluding steroid dienone is 8. The van der Waals surface area contributed by atoms with Crippen LogP contribution in [0.1, 0.15) is 55.4 Å². The van der Waals surface area contributed by atoms with E-state index in [1.54, 1.807) is 0 Å². The van der Waals surface area contributed by atoms with Crippen LogP contribution in [0.5, 0.6) is 0 Å². The van der Waals surface area contributed by atoms with Crippen molar-refractivity contribution in [3.8, 4) is 0 Å². The highest BCUT2D eigenvalue weighted by atomic mass is 16.1. The monoisotopic (exact) mass is 326 g/mol. The van der Waals surface area contributed by atoms with Gasteiger partial charge >= 0.3 is 0 Å². The number of carbonyl (C=O) groups excluding carboxylic acids is 1. The average Bonchev–Trinajstić information content (AvgIpc) is 2.36. The van der Waals surface area contributed by atoms with Gasteiger partial charge in [-0.25, -0.2) is 0 Å². The highest BCUT2D eigenvalue weighted by molar-refractivity contribution is 6.12. The Morgan fingerprint density at radius 3 is 1.50 bits per heavy atom. The maximum absolute atomic E-state index is 13.1. The maximum Gasteiger partial charge on any atom is 0.186 e. The van der Waals surface area contributed by atoms with Gasteiger partial charge in [0.2, 0.25) is 0 Å². The average molecular weight is 327 g/mol.